The van der Waals surface area contributed by atoms with E-state index in [4.69, 9.17) is 0 Å². The summed E-state index contributed by atoms with van der Waals surface area (Å²) in [5.41, 5.74) is 2.72. The number of hydrogen-bond acceptors (Lipinski definition) is 3. The van der Waals surface area contributed by atoms with Crippen LogP contribution in [0.2, 0.25) is 0 Å². The van der Waals surface area contributed by atoms with Gasteiger partial charge >= 0.3 is 6.03 Å². The van der Waals surface area contributed by atoms with Crippen molar-refractivity contribution in [3.63, 3.8) is 0 Å². The van der Waals surface area contributed by atoms with Gasteiger partial charge in [-0.25, -0.2) is 4.79 Å². The van der Waals surface area contributed by atoms with Crippen molar-refractivity contribution in [3.05, 3.63) is 29.8 Å². The monoisotopic (exact) mass is 344 g/mol. The summed E-state index contributed by atoms with van der Waals surface area (Å²) in [6, 6.07) is 9.36. The Morgan fingerprint density at radius 2 is 1.92 bits per heavy atom. The van der Waals surface area contributed by atoms with Crippen LogP contribution in [0.1, 0.15) is 31.7 Å². The second kappa shape index (κ2) is 8.56. The molecule has 1 aromatic carbocycles. The molecule has 0 saturated carbocycles. The van der Waals surface area contributed by atoms with Gasteiger partial charge < -0.3 is 20.0 Å². The zero-order valence-electron chi connectivity index (χ0n) is 15.7. The molecular weight excluding hydrogens is 312 g/mol. The molecule has 2 amide bonds. The molecule has 1 aromatic rings. The number of anilines is 1. The number of likely N-dealkylation sites (tertiary alicyclic amines) is 1. The average Bonchev–Trinajstić information content (AvgIpc) is 3.06. The molecule has 0 aromatic heterocycles. The first-order valence-electron chi connectivity index (χ1n) is 9.75. The standard InChI is InChI=1S/C20H32N4O/c1-3-17-7-4-5-9-19(17)23-13-15-24(16-14-23)20(25)21-11-10-18-8-6-12-22(18)2/h4-5,7,9,18H,3,6,8,10-16H2,1-2H3,(H,21,25). The van der Waals surface area contributed by atoms with Crippen LogP contribution >= 0.6 is 0 Å². The molecule has 0 spiro atoms. The summed E-state index contributed by atoms with van der Waals surface area (Å²) >= 11 is 0. The van der Waals surface area contributed by atoms with Gasteiger partial charge in [-0.3, -0.25) is 0 Å². The first-order chi connectivity index (χ1) is 12.2. The maximum atomic E-state index is 12.4. The normalized spacial score (nSPS) is 21.6. The Morgan fingerprint density at radius 3 is 2.60 bits per heavy atom. The lowest BCUT2D eigenvalue weighted by Gasteiger charge is -2.37. The fourth-order valence-electron chi connectivity index (χ4n) is 4.07. The SMILES string of the molecule is CCc1ccccc1N1CCN(C(=O)NCCC2CCCN2C)CC1. The van der Waals surface area contributed by atoms with Crippen molar-refractivity contribution in [1.82, 2.24) is 15.1 Å². The van der Waals surface area contributed by atoms with E-state index in [1.807, 2.05) is 4.90 Å². The van der Waals surface area contributed by atoms with E-state index < -0.39 is 0 Å². The zero-order chi connectivity index (χ0) is 17.6. The van der Waals surface area contributed by atoms with Gasteiger partial charge in [-0.2, -0.15) is 0 Å². The van der Waals surface area contributed by atoms with Crippen LogP contribution < -0.4 is 10.2 Å². The third-order valence-electron chi connectivity index (χ3n) is 5.71. The number of nitrogens with one attached hydrogen (secondary N) is 1. The molecule has 2 aliphatic heterocycles. The second-order valence-electron chi connectivity index (χ2n) is 7.25. The van der Waals surface area contributed by atoms with Crippen LogP contribution in [-0.4, -0.2) is 68.2 Å². The zero-order valence-corrected chi connectivity index (χ0v) is 15.7. The van der Waals surface area contributed by atoms with Gasteiger partial charge in [0.1, 0.15) is 0 Å². The molecule has 0 bridgehead atoms. The fraction of sp³-hybridized carbons (Fsp3) is 0.650. The third kappa shape index (κ3) is 4.46. The Kier molecular flexibility index (Phi) is 6.19. The van der Waals surface area contributed by atoms with E-state index in [0.29, 0.717) is 6.04 Å². The summed E-state index contributed by atoms with van der Waals surface area (Å²) in [6.07, 6.45) is 4.66. The molecule has 2 aliphatic rings. The van der Waals surface area contributed by atoms with Crippen molar-refractivity contribution in [1.29, 1.82) is 0 Å². The maximum Gasteiger partial charge on any atom is 0.317 e. The summed E-state index contributed by atoms with van der Waals surface area (Å²) in [6.45, 7) is 7.60. The molecule has 0 radical (unpaired) electrons. The fourth-order valence-corrected chi connectivity index (χ4v) is 4.07. The van der Waals surface area contributed by atoms with Gasteiger partial charge in [0, 0.05) is 44.5 Å². The molecule has 1 atom stereocenters. The van der Waals surface area contributed by atoms with Crippen molar-refractivity contribution in [2.24, 2.45) is 0 Å². The van der Waals surface area contributed by atoms with E-state index >= 15 is 0 Å². The Bertz CT molecular complexity index is 569. The minimum Gasteiger partial charge on any atom is -0.368 e. The van der Waals surface area contributed by atoms with E-state index in [1.54, 1.807) is 0 Å². The predicted molar refractivity (Wildman–Crippen MR) is 103 cm³/mol. The second-order valence-corrected chi connectivity index (χ2v) is 7.25. The maximum absolute atomic E-state index is 12.4. The Hall–Kier alpha value is -1.75. The highest BCUT2D eigenvalue weighted by Gasteiger charge is 2.23. The topological polar surface area (TPSA) is 38.8 Å². The summed E-state index contributed by atoms with van der Waals surface area (Å²) in [5, 5.41) is 3.12. The van der Waals surface area contributed by atoms with Crippen LogP contribution in [0.4, 0.5) is 10.5 Å². The lowest BCUT2D eigenvalue weighted by molar-refractivity contribution is 0.192. The minimum absolute atomic E-state index is 0.101. The number of carbonyl (C=O) groups is 1. The molecular formula is C20H32N4O. The minimum atomic E-state index is 0.101. The summed E-state index contributed by atoms with van der Waals surface area (Å²) in [5.74, 6) is 0. The molecule has 1 unspecified atom stereocenters. The highest BCUT2D eigenvalue weighted by molar-refractivity contribution is 5.74. The molecule has 3 rings (SSSR count). The van der Waals surface area contributed by atoms with Crippen molar-refractivity contribution in [2.75, 3.05) is 51.2 Å². The Balaban J connectivity index is 1.43. The van der Waals surface area contributed by atoms with Gasteiger partial charge in [0.15, 0.2) is 0 Å². The van der Waals surface area contributed by atoms with Crippen LogP contribution in [0.15, 0.2) is 24.3 Å². The molecule has 0 aliphatic carbocycles. The van der Waals surface area contributed by atoms with Gasteiger partial charge in [0.05, 0.1) is 0 Å². The molecule has 25 heavy (non-hydrogen) atoms. The summed E-state index contributed by atoms with van der Waals surface area (Å²) < 4.78 is 0. The van der Waals surface area contributed by atoms with E-state index in [-0.39, 0.29) is 6.03 Å². The number of amides is 2. The van der Waals surface area contributed by atoms with Crippen LogP contribution in [0.25, 0.3) is 0 Å². The number of piperazine rings is 1. The van der Waals surface area contributed by atoms with E-state index in [9.17, 15) is 4.79 Å². The highest BCUT2D eigenvalue weighted by Crippen LogP contribution is 2.22. The third-order valence-corrected chi connectivity index (χ3v) is 5.71. The van der Waals surface area contributed by atoms with E-state index in [1.165, 1.54) is 30.6 Å². The van der Waals surface area contributed by atoms with Gasteiger partial charge in [-0.05, 0) is 50.9 Å². The van der Waals surface area contributed by atoms with Crippen LogP contribution in [0.3, 0.4) is 0 Å². The quantitative estimate of drug-likeness (QED) is 0.892. The van der Waals surface area contributed by atoms with Gasteiger partial charge in [0.2, 0.25) is 0 Å². The predicted octanol–water partition coefficient (Wildman–Crippen LogP) is 2.56. The van der Waals surface area contributed by atoms with Crippen molar-refractivity contribution < 1.29 is 4.79 Å². The number of carbonyl (C=O) groups excluding carboxylic acids is 1. The molecule has 2 saturated heterocycles. The first kappa shape index (κ1) is 18.1. The number of urea groups is 1. The Labute approximate surface area is 152 Å². The first-order valence-corrected chi connectivity index (χ1v) is 9.75. The van der Waals surface area contributed by atoms with Crippen LogP contribution in [-0.2, 0) is 6.42 Å². The number of para-hydroxylation sites is 1. The molecule has 2 fully saturated rings. The molecule has 138 valence electrons. The van der Waals surface area contributed by atoms with Crippen molar-refractivity contribution in [2.45, 2.75) is 38.6 Å². The van der Waals surface area contributed by atoms with Gasteiger partial charge in [-0.1, -0.05) is 25.1 Å². The molecule has 2 heterocycles. The average molecular weight is 345 g/mol. The van der Waals surface area contributed by atoms with Crippen LogP contribution in [0, 0.1) is 0 Å². The van der Waals surface area contributed by atoms with Crippen molar-refractivity contribution in [3.8, 4) is 0 Å². The molecule has 5 heteroatoms. The van der Waals surface area contributed by atoms with Crippen molar-refractivity contribution >= 4 is 11.7 Å². The van der Waals surface area contributed by atoms with Gasteiger partial charge in [-0.15, -0.1) is 0 Å². The lowest BCUT2D eigenvalue weighted by Crippen LogP contribution is -2.52. The summed E-state index contributed by atoms with van der Waals surface area (Å²) in [4.78, 5) is 19.2. The van der Waals surface area contributed by atoms with Crippen LogP contribution in [0.5, 0.6) is 0 Å². The smallest absolute Gasteiger partial charge is 0.317 e. The van der Waals surface area contributed by atoms with E-state index in [0.717, 1.165) is 45.6 Å². The largest absolute Gasteiger partial charge is 0.368 e. The van der Waals surface area contributed by atoms with E-state index in [2.05, 4.69) is 53.4 Å². The Morgan fingerprint density at radius 1 is 1.16 bits per heavy atom. The number of aryl methyl sites for hydroxylation is 1. The number of nitrogens with zero attached hydrogens (tertiary/aromatic N) is 3. The number of hydrogen-bond donors (Lipinski definition) is 1. The molecule has 5 nitrogen and oxygen atoms in total. The summed E-state index contributed by atoms with van der Waals surface area (Å²) in [7, 11) is 2.19. The highest BCUT2D eigenvalue weighted by atomic mass is 16.2. The molecule has 1 N–H and O–H groups in total. The lowest BCUT2D eigenvalue weighted by atomic mass is 10.1. The number of benzene rings is 1. The number of rotatable bonds is 5. The van der Waals surface area contributed by atoms with Gasteiger partial charge in [0.25, 0.3) is 0 Å².